The predicted octanol–water partition coefficient (Wildman–Crippen LogP) is 6.01. The van der Waals surface area contributed by atoms with E-state index in [0.29, 0.717) is 29.8 Å². The molecule has 36 heavy (non-hydrogen) atoms. The zero-order chi connectivity index (χ0) is 26.0. The summed E-state index contributed by atoms with van der Waals surface area (Å²) < 4.78 is 17.2. The number of amides is 1. The number of anilines is 1. The molecule has 0 radical (unpaired) electrons. The lowest BCUT2D eigenvalue weighted by Gasteiger charge is -2.12. The van der Waals surface area contributed by atoms with E-state index in [-0.39, 0.29) is 23.7 Å². The molecule has 0 saturated carbocycles. The minimum absolute atomic E-state index is 0.0706. The van der Waals surface area contributed by atoms with Crippen molar-refractivity contribution >= 4 is 40.1 Å². The first-order chi connectivity index (χ1) is 17.2. The van der Waals surface area contributed by atoms with E-state index in [0.717, 1.165) is 40.5 Å². The van der Waals surface area contributed by atoms with E-state index < -0.39 is 0 Å². The van der Waals surface area contributed by atoms with Gasteiger partial charge in [-0.3, -0.25) is 9.59 Å². The Morgan fingerprint density at radius 2 is 1.86 bits per heavy atom. The highest BCUT2D eigenvalue weighted by atomic mass is 32.2. The predicted molar refractivity (Wildman–Crippen MR) is 142 cm³/mol. The summed E-state index contributed by atoms with van der Waals surface area (Å²) in [6.07, 6.45) is 6.79. The Kier molecular flexibility index (Phi) is 10.4. The standard InChI is InChI=1S/C26H33N3O5S2/c1-26(2,3)20-15-27-22(34-20)17-35-24-16-28-25(36-24)29-21(30)14-18-9-11-19(12-10-18)33-13-7-5-6-8-23(31)32-4/h9-12,15-16H,5-8,13-14,17H2,1-4H3,(H,28,29,30). The average molecular weight is 532 g/mol. The molecular weight excluding hydrogens is 498 g/mol. The Hall–Kier alpha value is -2.85. The third-order valence-electron chi connectivity index (χ3n) is 5.17. The number of esters is 1. The lowest BCUT2D eigenvalue weighted by Crippen LogP contribution is -2.14. The van der Waals surface area contributed by atoms with Crippen molar-refractivity contribution < 1.29 is 23.5 Å². The Labute approximate surface area is 220 Å². The van der Waals surface area contributed by atoms with Gasteiger partial charge >= 0.3 is 5.97 Å². The van der Waals surface area contributed by atoms with Crippen molar-refractivity contribution in [2.24, 2.45) is 0 Å². The van der Waals surface area contributed by atoms with Gasteiger partial charge in [0.25, 0.3) is 0 Å². The van der Waals surface area contributed by atoms with Crippen LogP contribution in [0.4, 0.5) is 5.13 Å². The van der Waals surface area contributed by atoms with Gasteiger partial charge in [0, 0.05) is 11.8 Å². The van der Waals surface area contributed by atoms with Crippen LogP contribution in [-0.4, -0.2) is 35.6 Å². The van der Waals surface area contributed by atoms with Crippen LogP contribution in [0.3, 0.4) is 0 Å². The van der Waals surface area contributed by atoms with E-state index in [9.17, 15) is 9.59 Å². The minimum Gasteiger partial charge on any atom is -0.494 e. The van der Waals surface area contributed by atoms with Gasteiger partial charge in [-0.1, -0.05) is 44.2 Å². The lowest BCUT2D eigenvalue weighted by atomic mass is 9.94. The van der Waals surface area contributed by atoms with Crippen LogP contribution in [0.1, 0.15) is 63.7 Å². The van der Waals surface area contributed by atoms with Gasteiger partial charge in [0.15, 0.2) is 5.13 Å². The van der Waals surface area contributed by atoms with Crippen LogP contribution in [0.15, 0.2) is 45.3 Å². The first kappa shape index (κ1) is 27.7. The fourth-order valence-electron chi connectivity index (χ4n) is 3.13. The van der Waals surface area contributed by atoms with Crippen LogP contribution in [0.2, 0.25) is 0 Å². The maximum atomic E-state index is 12.5. The largest absolute Gasteiger partial charge is 0.494 e. The zero-order valence-electron chi connectivity index (χ0n) is 21.2. The zero-order valence-corrected chi connectivity index (χ0v) is 22.8. The van der Waals surface area contributed by atoms with Gasteiger partial charge in [-0.05, 0) is 37.0 Å². The Morgan fingerprint density at radius 3 is 2.56 bits per heavy atom. The van der Waals surface area contributed by atoms with Crippen molar-refractivity contribution in [3.63, 3.8) is 0 Å². The molecule has 0 aliphatic carbocycles. The van der Waals surface area contributed by atoms with E-state index in [4.69, 9.17) is 9.15 Å². The number of aromatic nitrogens is 2. The van der Waals surface area contributed by atoms with Crippen LogP contribution >= 0.6 is 23.1 Å². The van der Waals surface area contributed by atoms with Crippen molar-refractivity contribution in [2.75, 3.05) is 19.0 Å². The second-order valence-electron chi connectivity index (χ2n) is 9.25. The fraction of sp³-hybridized carbons (Fsp3) is 0.462. The van der Waals surface area contributed by atoms with Gasteiger partial charge in [0.2, 0.25) is 11.8 Å². The number of thiazole rings is 1. The molecule has 0 unspecified atom stereocenters. The second-order valence-corrected chi connectivity index (χ2v) is 11.6. The maximum absolute atomic E-state index is 12.5. The molecular formula is C26H33N3O5S2. The molecule has 0 spiro atoms. The van der Waals surface area contributed by atoms with Gasteiger partial charge in [0.1, 0.15) is 11.5 Å². The number of carbonyl (C=O) groups excluding carboxylic acids is 2. The number of ether oxygens (including phenoxy) is 2. The topological polar surface area (TPSA) is 104 Å². The number of rotatable bonds is 13. The molecule has 8 nitrogen and oxygen atoms in total. The Bertz CT molecular complexity index is 1120. The summed E-state index contributed by atoms with van der Waals surface area (Å²) in [5.74, 6) is 2.60. The highest BCUT2D eigenvalue weighted by Crippen LogP contribution is 2.31. The van der Waals surface area contributed by atoms with Crippen LogP contribution in [0.25, 0.3) is 0 Å². The van der Waals surface area contributed by atoms with Gasteiger partial charge in [-0.25, -0.2) is 9.97 Å². The smallest absolute Gasteiger partial charge is 0.305 e. The number of hydrogen-bond donors (Lipinski definition) is 1. The highest BCUT2D eigenvalue weighted by Gasteiger charge is 2.19. The van der Waals surface area contributed by atoms with E-state index in [2.05, 4.69) is 40.8 Å². The van der Waals surface area contributed by atoms with Crippen molar-refractivity contribution in [3.05, 3.63) is 53.9 Å². The molecule has 0 fully saturated rings. The number of oxazole rings is 1. The van der Waals surface area contributed by atoms with E-state index in [1.54, 1.807) is 24.2 Å². The normalized spacial score (nSPS) is 11.3. The molecule has 2 aromatic heterocycles. The molecule has 1 amide bonds. The number of nitrogens with one attached hydrogen (secondary N) is 1. The summed E-state index contributed by atoms with van der Waals surface area (Å²) in [4.78, 5) is 32.2. The molecule has 1 aromatic carbocycles. The second kappa shape index (κ2) is 13.5. The molecule has 10 heteroatoms. The number of methoxy groups -OCH3 is 1. The fourth-order valence-corrected chi connectivity index (χ4v) is 4.88. The van der Waals surface area contributed by atoms with Crippen LogP contribution in [0.5, 0.6) is 5.75 Å². The van der Waals surface area contributed by atoms with Crippen LogP contribution < -0.4 is 10.1 Å². The molecule has 1 N–H and O–H groups in total. The summed E-state index contributed by atoms with van der Waals surface area (Å²) in [5, 5.41) is 3.43. The average Bonchev–Trinajstić information content (AvgIpc) is 3.50. The maximum Gasteiger partial charge on any atom is 0.305 e. The summed E-state index contributed by atoms with van der Waals surface area (Å²) in [6, 6.07) is 7.50. The SMILES string of the molecule is COC(=O)CCCCCOc1ccc(CC(=O)Nc2ncc(SCc3ncc(C(C)(C)C)o3)s2)cc1. The first-order valence-corrected chi connectivity index (χ1v) is 13.7. The third-order valence-corrected chi connectivity index (χ3v) is 7.26. The minimum atomic E-state index is -0.179. The number of thioether (sulfide) groups is 1. The van der Waals surface area contributed by atoms with Crippen molar-refractivity contribution in [1.82, 2.24) is 9.97 Å². The monoisotopic (exact) mass is 531 g/mol. The van der Waals surface area contributed by atoms with Crippen LogP contribution in [0, 0.1) is 0 Å². The number of nitrogens with zero attached hydrogens (tertiary/aromatic N) is 2. The summed E-state index contributed by atoms with van der Waals surface area (Å²) in [7, 11) is 1.40. The third kappa shape index (κ3) is 9.31. The van der Waals surface area contributed by atoms with Gasteiger partial charge < -0.3 is 19.2 Å². The summed E-state index contributed by atoms with van der Waals surface area (Å²) in [5.41, 5.74) is 0.821. The molecule has 3 rings (SSSR count). The number of carbonyl (C=O) groups is 2. The lowest BCUT2D eigenvalue weighted by molar-refractivity contribution is -0.140. The molecule has 3 aromatic rings. The summed E-state index contributed by atoms with van der Waals surface area (Å²) >= 11 is 3.01. The molecule has 0 bridgehead atoms. The molecule has 0 atom stereocenters. The van der Waals surface area contributed by atoms with Crippen molar-refractivity contribution in [3.8, 4) is 5.75 Å². The molecule has 2 heterocycles. The number of unbranched alkanes of at least 4 members (excludes halogenated alkanes) is 2. The van der Waals surface area contributed by atoms with E-state index >= 15 is 0 Å². The first-order valence-electron chi connectivity index (χ1n) is 11.8. The van der Waals surface area contributed by atoms with Gasteiger partial charge in [-0.15, -0.1) is 11.8 Å². The van der Waals surface area contributed by atoms with E-state index in [1.165, 1.54) is 18.4 Å². The van der Waals surface area contributed by atoms with Crippen molar-refractivity contribution in [1.29, 1.82) is 0 Å². The van der Waals surface area contributed by atoms with Gasteiger partial charge in [0.05, 0.1) is 42.5 Å². The molecule has 0 aliphatic heterocycles. The summed E-state index contributed by atoms with van der Waals surface area (Å²) in [6.45, 7) is 6.85. The Balaban J connectivity index is 1.36. The van der Waals surface area contributed by atoms with Crippen LogP contribution in [-0.2, 0) is 31.9 Å². The molecule has 194 valence electrons. The highest BCUT2D eigenvalue weighted by molar-refractivity contribution is 8.00. The quantitative estimate of drug-likeness (QED) is 0.162. The van der Waals surface area contributed by atoms with Gasteiger partial charge in [-0.2, -0.15) is 0 Å². The van der Waals surface area contributed by atoms with E-state index in [1.807, 2.05) is 24.3 Å². The van der Waals surface area contributed by atoms with Crippen molar-refractivity contribution in [2.45, 2.75) is 68.3 Å². The number of hydrogen-bond acceptors (Lipinski definition) is 9. The molecule has 0 aliphatic rings. The Morgan fingerprint density at radius 1 is 1.08 bits per heavy atom. The molecule has 0 saturated heterocycles. The number of benzene rings is 1.